The van der Waals surface area contributed by atoms with Gasteiger partial charge in [0.05, 0.1) is 18.8 Å². The summed E-state index contributed by atoms with van der Waals surface area (Å²) in [7, 11) is 0. The number of nitrogens with zero attached hydrogens (tertiary/aromatic N) is 1. The van der Waals surface area contributed by atoms with Gasteiger partial charge >= 0.3 is 5.97 Å². The first kappa shape index (κ1) is 31.2. The molecule has 2 aromatic rings. The van der Waals surface area contributed by atoms with Gasteiger partial charge in [0.15, 0.2) is 0 Å². The van der Waals surface area contributed by atoms with Crippen molar-refractivity contribution in [3.63, 3.8) is 0 Å². The van der Waals surface area contributed by atoms with E-state index in [1.165, 1.54) is 36.8 Å². The number of imidazole rings is 1. The van der Waals surface area contributed by atoms with Crippen LogP contribution in [0.25, 0.3) is 0 Å². The maximum atomic E-state index is 13.3. The molecule has 16 heteroatoms. The minimum absolute atomic E-state index is 0.0297. The van der Waals surface area contributed by atoms with Crippen LogP contribution in [0.5, 0.6) is 5.75 Å². The van der Waals surface area contributed by atoms with Gasteiger partial charge in [0.25, 0.3) is 0 Å². The number of aromatic nitrogens is 2. The first-order valence-corrected chi connectivity index (χ1v) is 12.1. The average Bonchev–Trinajstić information content (AvgIpc) is 3.39. The normalized spacial score (nSPS) is 13.7. The Morgan fingerprint density at radius 3 is 2.00 bits per heavy atom. The highest BCUT2D eigenvalue weighted by atomic mass is 16.4. The van der Waals surface area contributed by atoms with E-state index in [2.05, 4.69) is 25.9 Å². The SMILES string of the molecule is NC(=O)CCC(NC(=O)C(CC(N)=O)NC(=O)C(Cc1ccc(O)cc1)NC(=O)C(N)Cc1cnc[nH]1)C(=O)O. The van der Waals surface area contributed by atoms with E-state index in [9.17, 15) is 39.0 Å². The third-order valence-corrected chi connectivity index (χ3v) is 5.67. The van der Waals surface area contributed by atoms with Gasteiger partial charge in [-0.1, -0.05) is 12.1 Å². The van der Waals surface area contributed by atoms with Crippen LogP contribution in [-0.2, 0) is 41.6 Å². The van der Waals surface area contributed by atoms with Gasteiger partial charge < -0.3 is 48.3 Å². The van der Waals surface area contributed by atoms with Crippen molar-refractivity contribution in [1.82, 2.24) is 25.9 Å². The molecule has 5 amide bonds. The van der Waals surface area contributed by atoms with Crippen LogP contribution >= 0.6 is 0 Å². The van der Waals surface area contributed by atoms with Crippen molar-refractivity contribution in [2.24, 2.45) is 17.2 Å². The van der Waals surface area contributed by atoms with Crippen LogP contribution in [0.15, 0.2) is 36.8 Å². The zero-order valence-corrected chi connectivity index (χ0v) is 21.3. The third kappa shape index (κ3) is 10.4. The molecular weight excluding hydrogens is 528 g/mol. The zero-order chi connectivity index (χ0) is 29.8. The van der Waals surface area contributed by atoms with E-state index < -0.39 is 66.1 Å². The summed E-state index contributed by atoms with van der Waals surface area (Å²) in [6.07, 6.45) is 1.50. The van der Waals surface area contributed by atoms with Gasteiger partial charge in [0, 0.05) is 31.2 Å². The first-order chi connectivity index (χ1) is 18.8. The Labute approximate surface area is 228 Å². The number of hydrogen-bond donors (Lipinski definition) is 9. The van der Waals surface area contributed by atoms with Crippen molar-refractivity contribution >= 4 is 35.5 Å². The number of aromatic amines is 1. The average molecular weight is 561 g/mol. The van der Waals surface area contributed by atoms with Crippen LogP contribution in [0.4, 0.5) is 0 Å². The molecule has 0 aliphatic carbocycles. The molecule has 0 spiro atoms. The number of aromatic hydroxyl groups is 1. The van der Waals surface area contributed by atoms with E-state index in [1.54, 1.807) is 0 Å². The lowest BCUT2D eigenvalue weighted by atomic mass is 10.0. The van der Waals surface area contributed by atoms with Gasteiger partial charge in [-0.25, -0.2) is 9.78 Å². The highest BCUT2D eigenvalue weighted by Gasteiger charge is 2.31. The lowest BCUT2D eigenvalue weighted by molar-refractivity contribution is -0.142. The van der Waals surface area contributed by atoms with Crippen molar-refractivity contribution in [2.75, 3.05) is 0 Å². The predicted octanol–water partition coefficient (Wildman–Crippen LogP) is -3.09. The molecule has 0 fully saturated rings. The van der Waals surface area contributed by atoms with E-state index in [1.807, 2.05) is 0 Å². The number of aliphatic carboxylic acids is 1. The number of hydrogen-bond acceptors (Lipinski definition) is 9. The van der Waals surface area contributed by atoms with E-state index >= 15 is 0 Å². The van der Waals surface area contributed by atoms with Crippen LogP contribution in [0.2, 0.25) is 0 Å². The first-order valence-electron chi connectivity index (χ1n) is 12.1. The fourth-order valence-electron chi connectivity index (χ4n) is 3.58. The molecule has 0 saturated heterocycles. The van der Waals surface area contributed by atoms with Crippen LogP contribution in [0.3, 0.4) is 0 Å². The van der Waals surface area contributed by atoms with Crippen LogP contribution < -0.4 is 33.2 Å². The number of benzene rings is 1. The fraction of sp³-hybridized carbons (Fsp3) is 0.375. The van der Waals surface area contributed by atoms with Crippen LogP contribution in [0, 0.1) is 0 Å². The number of carbonyl (C=O) groups excluding carboxylic acids is 5. The van der Waals surface area contributed by atoms with Gasteiger partial charge in [-0.05, 0) is 24.1 Å². The summed E-state index contributed by atoms with van der Waals surface area (Å²) in [5.41, 5.74) is 17.3. The molecule has 1 aromatic heterocycles. The second-order valence-corrected chi connectivity index (χ2v) is 8.96. The Hall–Kier alpha value is -4.99. The Kier molecular flexibility index (Phi) is 11.6. The van der Waals surface area contributed by atoms with E-state index in [0.717, 1.165) is 0 Å². The summed E-state index contributed by atoms with van der Waals surface area (Å²) in [6, 6.07) is 0.222. The van der Waals surface area contributed by atoms with Gasteiger partial charge in [0.2, 0.25) is 29.5 Å². The van der Waals surface area contributed by atoms with Gasteiger partial charge in [-0.15, -0.1) is 0 Å². The molecule has 0 radical (unpaired) electrons. The number of amides is 5. The molecular formula is C24H32N8O8. The lowest BCUT2D eigenvalue weighted by Gasteiger charge is -2.25. The summed E-state index contributed by atoms with van der Waals surface area (Å²) in [6.45, 7) is 0. The van der Waals surface area contributed by atoms with Gasteiger partial charge in [-0.2, -0.15) is 0 Å². The Bertz CT molecular complexity index is 1200. The monoisotopic (exact) mass is 560 g/mol. The Balaban J connectivity index is 2.22. The molecule has 0 bridgehead atoms. The predicted molar refractivity (Wildman–Crippen MR) is 138 cm³/mol. The molecule has 1 aromatic carbocycles. The van der Waals surface area contributed by atoms with Crippen molar-refractivity contribution < 1.29 is 39.0 Å². The minimum atomic E-state index is -1.61. The second-order valence-electron chi connectivity index (χ2n) is 8.96. The number of phenolic OH excluding ortho intramolecular Hbond substituents is 1. The third-order valence-electron chi connectivity index (χ3n) is 5.67. The smallest absolute Gasteiger partial charge is 0.326 e. The van der Waals surface area contributed by atoms with Crippen molar-refractivity contribution in [2.45, 2.75) is 56.3 Å². The number of primary amides is 2. The van der Waals surface area contributed by atoms with Crippen LogP contribution in [0.1, 0.15) is 30.5 Å². The topological polar surface area (TPSA) is 286 Å². The number of H-pyrrole nitrogens is 1. The molecule has 0 saturated carbocycles. The molecule has 0 aliphatic rings. The summed E-state index contributed by atoms with van der Waals surface area (Å²) in [5, 5.41) is 25.9. The van der Waals surface area contributed by atoms with E-state index in [0.29, 0.717) is 11.3 Å². The minimum Gasteiger partial charge on any atom is -0.508 e. The standard InChI is InChI=1S/C24H32N8O8/c25-15(8-13-10-28-11-29-13)21(36)31-17(7-12-1-3-14(33)4-2-12)22(37)32-18(9-20(27)35)23(38)30-16(24(39)40)5-6-19(26)34/h1-4,10-11,15-18,33H,5-9,25H2,(H2,26,34)(H2,27,35)(H,28,29)(H,30,38)(H,31,36)(H,32,37)(H,39,40). The number of phenols is 1. The summed E-state index contributed by atoms with van der Waals surface area (Å²) in [5.74, 6) is -5.94. The van der Waals surface area contributed by atoms with Crippen molar-refractivity contribution in [1.29, 1.82) is 0 Å². The fourth-order valence-corrected chi connectivity index (χ4v) is 3.58. The summed E-state index contributed by atoms with van der Waals surface area (Å²) >= 11 is 0. The maximum absolute atomic E-state index is 13.3. The van der Waals surface area contributed by atoms with Crippen molar-refractivity contribution in [3.05, 3.63) is 48.0 Å². The molecule has 40 heavy (non-hydrogen) atoms. The highest BCUT2D eigenvalue weighted by Crippen LogP contribution is 2.12. The van der Waals surface area contributed by atoms with Crippen LogP contribution in [-0.4, -0.2) is 79.9 Å². The van der Waals surface area contributed by atoms with Crippen molar-refractivity contribution in [3.8, 4) is 5.75 Å². The number of nitrogens with two attached hydrogens (primary N) is 3. The Morgan fingerprint density at radius 2 is 1.45 bits per heavy atom. The molecule has 12 N–H and O–H groups in total. The maximum Gasteiger partial charge on any atom is 0.326 e. The molecule has 0 aliphatic heterocycles. The van der Waals surface area contributed by atoms with Gasteiger partial charge in [-0.3, -0.25) is 24.0 Å². The quantitative estimate of drug-likeness (QED) is 0.0996. The molecule has 4 atom stereocenters. The molecule has 4 unspecified atom stereocenters. The second kappa shape index (κ2) is 14.8. The van der Waals surface area contributed by atoms with E-state index in [4.69, 9.17) is 17.2 Å². The lowest BCUT2D eigenvalue weighted by Crippen LogP contribution is -2.58. The molecule has 2 rings (SSSR count). The number of nitrogens with one attached hydrogen (secondary N) is 4. The number of carboxylic acids is 1. The molecule has 1 heterocycles. The number of carbonyl (C=O) groups is 6. The Morgan fingerprint density at radius 1 is 0.850 bits per heavy atom. The highest BCUT2D eigenvalue weighted by molar-refractivity contribution is 5.96. The van der Waals surface area contributed by atoms with Gasteiger partial charge in [0.1, 0.15) is 23.9 Å². The molecule has 216 valence electrons. The number of rotatable bonds is 16. The van der Waals surface area contributed by atoms with E-state index in [-0.39, 0.29) is 31.4 Å². The summed E-state index contributed by atoms with van der Waals surface area (Å²) < 4.78 is 0. The largest absolute Gasteiger partial charge is 0.508 e. The molecule has 16 nitrogen and oxygen atoms in total. The number of carboxylic acid groups (broad SMARTS) is 1. The summed E-state index contributed by atoms with van der Waals surface area (Å²) in [4.78, 5) is 79.8. The zero-order valence-electron chi connectivity index (χ0n) is 21.3.